The van der Waals surface area contributed by atoms with Gasteiger partial charge in [0.2, 0.25) is 0 Å². The van der Waals surface area contributed by atoms with Gasteiger partial charge in [-0.15, -0.1) is 0 Å². The lowest BCUT2D eigenvalue weighted by atomic mass is 9.92. The molecular formula is C29H51N. The summed E-state index contributed by atoms with van der Waals surface area (Å²) in [6.07, 6.45) is 26.7. The summed E-state index contributed by atoms with van der Waals surface area (Å²) in [5.74, 6) is 1.49. The first-order chi connectivity index (χ1) is 14.8. The van der Waals surface area contributed by atoms with Gasteiger partial charge in [0.1, 0.15) is 0 Å². The fraction of sp³-hybridized carbons (Fsp3) is 0.793. The van der Waals surface area contributed by atoms with Crippen LogP contribution < -0.4 is 5.73 Å². The Balaban J connectivity index is 1.66. The number of hydrogen-bond donors (Lipinski definition) is 1. The Morgan fingerprint density at radius 2 is 1.10 bits per heavy atom. The summed E-state index contributed by atoms with van der Waals surface area (Å²) < 4.78 is 0. The molecular weight excluding hydrogens is 362 g/mol. The monoisotopic (exact) mass is 413 g/mol. The van der Waals surface area contributed by atoms with Crippen LogP contribution in [-0.4, -0.2) is 0 Å². The lowest BCUT2D eigenvalue weighted by molar-refractivity contribution is 0.479. The van der Waals surface area contributed by atoms with E-state index in [1.807, 2.05) is 0 Å². The Morgan fingerprint density at radius 3 is 1.63 bits per heavy atom. The highest BCUT2D eigenvalue weighted by Gasteiger charge is 2.31. The third-order valence-corrected chi connectivity index (χ3v) is 7.40. The van der Waals surface area contributed by atoms with E-state index in [-0.39, 0.29) is 0 Å². The maximum atomic E-state index is 6.45. The highest BCUT2D eigenvalue weighted by atomic mass is 14.6. The zero-order chi connectivity index (χ0) is 21.4. The van der Waals surface area contributed by atoms with E-state index >= 15 is 0 Å². The molecule has 1 aliphatic carbocycles. The molecule has 2 atom stereocenters. The number of benzene rings is 1. The molecule has 1 aromatic rings. The predicted molar refractivity (Wildman–Crippen MR) is 135 cm³/mol. The molecule has 0 spiro atoms. The van der Waals surface area contributed by atoms with Gasteiger partial charge in [0.15, 0.2) is 0 Å². The van der Waals surface area contributed by atoms with E-state index in [0.717, 1.165) is 17.5 Å². The van der Waals surface area contributed by atoms with Crippen molar-refractivity contribution in [3.63, 3.8) is 0 Å². The molecule has 1 nitrogen and oxygen atoms in total. The second-order valence-electron chi connectivity index (χ2n) is 10.0. The second-order valence-corrected chi connectivity index (χ2v) is 10.0. The van der Waals surface area contributed by atoms with Crippen molar-refractivity contribution in [2.24, 2.45) is 0 Å². The summed E-state index contributed by atoms with van der Waals surface area (Å²) in [4.78, 5) is 0. The van der Waals surface area contributed by atoms with Crippen LogP contribution in [0.2, 0.25) is 0 Å². The van der Waals surface area contributed by atoms with Crippen LogP contribution in [0.3, 0.4) is 0 Å². The van der Waals surface area contributed by atoms with Gasteiger partial charge < -0.3 is 5.73 Å². The minimum absolute atomic E-state index is 0.723. The summed E-state index contributed by atoms with van der Waals surface area (Å²) in [6, 6.07) is 6.71. The van der Waals surface area contributed by atoms with Crippen molar-refractivity contribution in [3.05, 3.63) is 29.3 Å². The summed E-state index contributed by atoms with van der Waals surface area (Å²) in [5, 5.41) is 0. The molecule has 0 fully saturated rings. The van der Waals surface area contributed by atoms with Crippen LogP contribution in [0, 0.1) is 0 Å². The van der Waals surface area contributed by atoms with Gasteiger partial charge in [-0.3, -0.25) is 0 Å². The highest BCUT2D eigenvalue weighted by molar-refractivity contribution is 5.56. The zero-order valence-electron chi connectivity index (χ0n) is 20.4. The molecule has 1 heteroatoms. The highest BCUT2D eigenvalue weighted by Crippen LogP contribution is 2.48. The molecule has 0 aliphatic heterocycles. The molecule has 0 saturated heterocycles. The molecule has 0 heterocycles. The van der Waals surface area contributed by atoms with Crippen molar-refractivity contribution in [2.45, 2.75) is 148 Å². The Labute approximate surface area is 188 Å². The number of rotatable bonds is 18. The predicted octanol–water partition coefficient (Wildman–Crippen LogP) is 9.90. The topological polar surface area (TPSA) is 26.0 Å². The van der Waals surface area contributed by atoms with Crippen LogP contribution in [0.1, 0.15) is 159 Å². The van der Waals surface area contributed by atoms with Crippen molar-refractivity contribution in [1.29, 1.82) is 0 Å². The third kappa shape index (κ3) is 9.03. The largest absolute Gasteiger partial charge is 0.398 e. The Kier molecular flexibility index (Phi) is 13.3. The Hall–Kier alpha value is -0.980. The van der Waals surface area contributed by atoms with Gasteiger partial charge in [-0.1, -0.05) is 129 Å². The van der Waals surface area contributed by atoms with Gasteiger partial charge in [0.25, 0.3) is 0 Å². The van der Waals surface area contributed by atoms with E-state index in [0.29, 0.717) is 0 Å². The van der Waals surface area contributed by atoms with Gasteiger partial charge in [0, 0.05) is 5.69 Å². The lowest BCUT2D eigenvalue weighted by Gasteiger charge is -2.13. The Morgan fingerprint density at radius 1 is 0.633 bits per heavy atom. The molecule has 1 aromatic carbocycles. The smallest absolute Gasteiger partial charge is 0.0352 e. The molecule has 30 heavy (non-hydrogen) atoms. The van der Waals surface area contributed by atoms with Crippen molar-refractivity contribution in [3.8, 4) is 0 Å². The van der Waals surface area contributed by atoms with Crippen molar-refractivity contribution in [2.75, 3.05) is 5.73 Å². The van der Waals surface area contributed by atoms with Gasteiger partial charge in [-0.05, 0) is 48.3 Å². The first-order valence-electron chi connectivity index (χ1n) is 13.7. The molecule has 2 unspecified atom stereocenters. The van der Waals surface area contributed by atoms with Crippen molar-refractivity contribution in [1.82, 2.24) is 0 Å². The minimum atomic E-state index is 0.723. The van der Waals surface area contributed by atoms with Crippen LogP contribution in [0.4, 0.5) is 5.69 Å². The summed E-state index contributed by atoms with van der Waals surface area (Å²) in [5.41, 5.74) is 10.6. The molecule has 2 N–H and O–H groups in total. The standard InChI is InChI=1S/C29H51N/c1-3-5-7-9-11-12-13-14-16-17-20-25-24-26(21-18-15-10-8-6-4-2)29-27(25)22-19-23-28(29)30/h19,22-23,25-26H,3-18,20-21,24,30H2,1-2H3. The van der Waals surface area contributed by atoms with Crippen LogP contribution in [-0.2, 0) is 0 Å². The van der Waals surface area contributed by atoms with Gasteiger partial charge in [0.05, 0.1) is 0 Å². The fourth-order valence-corrected chi connectivity index (χ4v) is 5.60. The molecule has 172 valence electrons. The number of nitrogen functional groups attached to an aromatic ring is 1. The van der Waals surface area contributed by atoms with Crippen LogP contribution in [0.25, 0.3) is 0 Å². The normalized spacial score (nSPS) is 18.1. The number of unbranched alkanes of at least 4 members (excludes halogenated alkanes) is 14. The molecule has 2 rings (SSSR count). The van der Waals surface area contributed by atoms with E-state index in [4.69, 9.17) is 5.73 Å². The van der Waals surface area contributed by atoms with E-state index in [1.165, 1.54) is 128 Å². The molecule has 0 bridgehead atoms. The fourth-order valence-electron chi connectivity index (χ4n) is 5.60. The molecule has 0 aromatic heterocycles. The average Bonchev–Trinajstić information content (AvgIpc) is 3.11. The van der Waals surface area contributed by atoms with Crippen molar-refractivity contribution >= 4 is 5.69 Å². The van der Waals surface area contributed by atoms with E-state index in [1.54, 1.807) is 5.56 Å². The van der Waals surface area contributed by atoms with Crippen molar-refractivity contribution < 1.29 is 0 Å². The number of nitrogens with two attached hydrogens (primary N) is 1. The maximum absolute atomic E-state index is 6.45. The van der Waals surface area contributed by atoms with Crippen LogP contribution in [0.15, 0.2) is 18.2 Å². The first kappa shape index (κ1) is 25.3. The zero-order valence-corrected chi connectivity index (χ0v) is 20.4. The maximum Gasteiger partial charge on any atom is 0.0352 e. The number of fused-ring (bicyclic) bond motifs is 1. The summed E-state index contributed by atoms with van der Waals surface area (Å²) >= 11 is 0. The quantitative estimate of drug-likeness (QED) is 0.188. The van der Waals surface area contributed by atoms with E-state index in [2.05, 4.69) is 32.0 Å². The molecule has 0 radical (unpaired) electrons. The van der Waals surface area contributed by atoms with Gasteiger partial charge >= 0.3 is 0 Å². The summed E-state index contributed by atoms with van der Waals surface area (Å²) in [6.45, 7) is 4.60. The minimum Gasteiger partial charge on any atom is -0.398 e. The lowest BCUT2D eigenvalue weighted by Crippen LogP contribution is -1.99. The summed E-state index contributed by atoms with van der Waals surface area (Å²) in [7, 11) is 0. The van der Waals surface area contributed by atoms with Gasteiger partial charge in [-0.2, -0.15) is 0 Å². The third-order valence-electron chi connectivity index (χ3n) is 7.40. The SMILES string of the molecule is CCCCCCCCCCCCC1CC(CCCCCCCC)c2c(N)cccc21. The van der Waals surface area contributed by atoms with Crippen LogP contribution >= 0.6 is 0 Å². The molecule has 1 aliphatic rings. The average molecular weight is 414 g/mol. The van der Waals surface area contributed by atoms with Gasteiger partial charge in [-0.25, -0.2) is 0 Å². The molecule has 0 amide bonds. The Bertz CT molecular complexity index is 549. The number of hydrogen-bond acceptors (Lipinski definition) is 1. The van der Waals surface area contributed by atoms with E-state index in [9.17, 15) is 0 Å². The second kappa shape index (κ2) is 15.8. The molecule has 0 saturated carbocycles. The first-order valence-corrected chi connectivity index (χ1v) is 13.7. The van der Waals surface area contributed by atoms with Crippen LogP contribution in [0.5, 0.6) is 0 Å². The number of anilines is 1. The van der Waals surface area contributed by atoms with E-state index < -0.39 is 0 Å².